The highest BCUT2D eigenvalue weighted by Gasteiger charge is 2.18. The summed E-state index contributed by atoms with van der Waals surface area (Å²) in [4.78, 5) is 12.4. The number of anilines is 1. The van der Waals surface area contributed by atoms with Crippen LogP contribution in [0.2, 0.25) is 0 Å². The Balaban J connectivity index is 2.05. The Hall–Kier alpha value is -1.40. The number of aromatic nitrogens is 2. The van der Waals surface area contributed by atoms with Crippen molar-refractivity contribution < 1.29 is 4.79 Å². The molecule has 2 rings (SSSR count). The summed E-state index contributed by atoms with van der Waals surface area (Å²) in [6.07, 6.45) is 1.04. The predicted octanol–water partition coefficient (Wildman–Crippen LogP) is 4.48. The van der Waals surface area contributed by atoms with E-state index in [1.54, 1.807) is 0 Å². The lowest BCUT2D eigenvalue weighted by Gasteiger charge is -2.17. The van der Waals surface area contributed by atoms with Crippen LogP contribution >= 0.6 is 23.1 Å². The van der Waals surface area contributed by atoms with Gasteiger partial charge in [-0.2, -0.15) is 0 Å². The van der Waals surface area contributed by atoms with Gasteiger partial charge in [-0.25, -0.2) is 0 Å². The number of hydrogen-bond donors (Lipinski definition) is 1. The van der Waals surface area contributed by atoms with Gasteiger partial charge in [-0.05, 0) is 37.8 Å². The van der Waals surface area contributed by atoms with Gasteiger partial charge in [0.25, 0.3) is 0 Å². The highest BCUT2D eigenvalue weighted by atomic mass is 32.2. The summed E-state index contributed by atoms with van der Waals surface area (Å²) in [7, 11) is 0. The average Bonchev–Trinajstić information content (AvgIpc) is 2.92. The SMILES string of the molecule is CC[C@H](C)c1ccccc1NC(=O)[C@H](C)Sc1nnc(C)s1. The van der Waals surface area contributed by atoms with Gasteiger partial charge in [0.2, 0.25) is 5.91 Å². The summed E-state index contributed by atoms with van der Waals surface area (Å²) in [5.74, 6) is 0.416. The Morgan fingerprint density at radius 2 is 2.05 bits per heavy atom. The van der Waals surface area contributed by atoms with Crippen molar-refractivity contribution >= 4 is 34.7 Å². The minimum absolute atomic E-state index is 0.00592. The van der Waals surface area contributed by atoms with Gasteiger partial charge < -0.3 is 5.32 Å². The Labute approximate surface area is 139 Å². The molecule has 22 heavy (non-hydrogen) atoms. The van der Waals surface area contributed by atoms with Crippen molar-refractivity contribution in [2.24, 2.45) is 0 Å². The van der Waals surface area contributed by atoms with Crippen LogP contribution in [0.5, 0.6) is 0 Å². The van der Waals surface area contributed by atoms with Crippen LogP contribution in [-0.2, 0) is 4.79 Å². The first kappa shape index (κ1) is 17.0. The first-order chi connectivity index (χ1) is 10.5. The van der Waals surface area contributed by atoms with Crippen LogP contribution in [-0.4, -0.2) is 21.4 Å². The van der Waals surface area contributed by atoms with Crippen LogP contribution in [0.15, 0.2) is 28.6 Å². The number of carbonyl (C=O) groups excluding carboxylic acids is 1. The number of thioether (sulfide) groups is 1. The fourth-order valence-electron chi connectivity index (χ4n) is 2.03. The van der Waals surface area contributed by atoms with Gasteiger partial charge in [-0.15, -0.1) is 10.2 Å². The molecule has 0 aliphatic carbocycles. The van der Waals surface area contributed by atoms with E-state index in [2.05, 4.69) is 35.4 Å². The standard InChI is InChI=1S/C16H21N3OS2/c1-5-10(2)13-8-6-7-9-14(13)17-15(20)11(3)21-16-19-18-12(4)22-16/h6-11H,5H2,1-4H3,(H,17,20)/t10-,11-/m0/s1. The third-order valence-electron chi connectivity index (χ3n) is 3.52. The molecule has 0 unspecified atom stereocenters. The summed E-state index contributed by atoms with van der Waals surface area (Å²) in [5, 5.41) is 11.8. The zero-order chi connectivity index (χ0) is 16.1. The van der Waals surface area contributed by atoms with Crippen LogP contribution in [0.25, 0.3) is 0 Å². The first-order valence-corrected chi connectivity index (χ1v) is 9.07. The molecular formula is C16H21N3OS2. The fraction of sp³-hybridized carbons (Fsp3) is 0.438. The maximum absolute atomic E-state index is 12.4. The normalized spacial score (nSPS) is 13.6. The highest BCUT2D eigenvalue weighted by Crippen LogP contribution is 2.29. The maximum Gasteiger partial charge on any atom is 0.237 e. The third-order valence-corrected chi connectivity index (χ3v) is 5.54. The second-order valence-corrected chi connectivity index (χ2v) is 8.00. The second-order valence-electron chi connectivity index (χ2n) is 5.23. The number of nitrogens with one attached hydrogen (secondary N) is 1. The van der Waals surface area contributed by atoms with Crippen LogP contribution in [0, 0.1) is 6.92 Å². The average molecular weight is 335 g/mol. The fourth-order valence-corrected chi connectivity index (χ4v) is 3.99. The zero-order valence-electron chi connectivity index (χ0n) is 13.3. The molecule has 1 aromatic heterocycles. The molecule has 0 aliphatic rings. The van der Waals surface area contributed by atoms with Gasteiger partial charge in [0, 0.05) is 5.69 Å². The number of para-hydroxylation sites is 1. The summed E-state index contributed by atoms with van der Waals surface area (Å²) in [6.45, 7) is 8.13. The van der Waals surface area contributed by atoms with Gasteiger partial charge in [-0.1, -0.05) is 55.1 Å². The van der Waals surface area contributed by atoms with E-state index >= 15 is 0 Å². The minimum atomic E-state index is -0.211. The van der Waals surface area contributed by atoms with E-state index < -0.39 is 0 Å². The molecule has 2 aromatic rings. The molecule has 1 heterocycles. The lowest BCUT2D eigenvalue weighted by atomic mass is 9.97. The predicted molar refractivity (Wildman–Crippen MR) is 93.7 cm³/mol. The molecule has 0 radical (unpaired) electrons. The molecule has 1 aromatic carbocycles. The minimum Gasteiger partial charge on any atom is -0.325 e. The number of hydrogen-bond acceptors (Lipinski definition) is 5. The zero-order valence-corrected chi connectivity index (χ0v) is 14.9. The number of rotatable bonds is 6. The second kappa shape index (κ2) is 7.74. The van der Waals surface area contributed by atoms with E-state index in [9.17, 15) is 4.79 Å². The first-order valence-electron chi connectivity index (χ1n) is 7.37. The Kier molecular flexibility index (Phi) is 5.97. The van der Waals surface area contributed by atoms with Crippen molar-refractivity contribution in [1.82, 2.24) is 10.2 Å². The van der Waals surface area contributed by atoms with E-state index in [0.29, 0.717) is 5.92 Å². The molecule has 0 bridgehead atoms. The summed E-state index contributed by atoms with van der Waals surface area (Å²) in [5.41, 5.74) is 2.09. The van der Waals surface area contributed by atoms with Crippen LogP contribution < -0.4 is 5.32 Å². The van der Waals surface area contributed by atoms with Crippen molar-refractivity contribution in [2.45, 2.75) is 49.6 Å². The van der Waals surface area contributed by atoms with Gasteiger partial charge >= 0.3 is 0 Å². The molecule has 1 N–H and O–H groups in total. The van der Waals surface area contributed by atoms with Gasteiger partial charge in [0.05, 0.1) is 5.25 Å². The van der Waals surface area contributed by atoms with E-state index in [-0.39, 0.29) is 11.2 Å². The highest BCUT2D eigenvalue weighted by molar-refractivity contribution is 8.02. The Morgan fingerprint density at radius 3 is 2.68 bits per heavy atom. The van der Waals surface area contributed by atoms with Crippen molar-refractivity contribution in [2.75, 3.05) is 5.32 Å². The van der Waals surface area contributed by atoms with Gasteiger partial charge in [-0.3, -0.25) is 4.79 Å². The molecule has 4 nitrogen and oxygen atoms in total. The van der Waals surface area contributed by atoms with Crippen LogP contribution in [0.3, 0.4) is 0 Å². The van der Waals surface area contributed by atoms with E-state index in [1.165, 1.54) is 28.7 Å². The molecule has 2 atom stereocenters. The molecule has 0 spiro atoms. The van der Waals surface area contributed by atoms with Crippen molar-refractivity contribution in [1.29, 1.82) is 0 Å². The van der Waals surface area contributed by atoms with Crippen molar-refractivity contribution in [3.63, 3.8) is 0 Å². The molecule has 0 fully saturated rings. The lowest BCUT2D eigenvalue weighted by molar-refractivity contribution is -0.115. The molecule has 0 saturated carbocycles. The smallest absolute Gasteiger partial charge is 0.237 e. The molecule has 0 saturated heterocycles. The Bertz CT molecular complexity index is 642. The summed E-state index contributed by atoms with van der Waals surface area (Å²) >= 11 is 2.96. The van der Waals surface area contributed by atoms with E-state index in [0.717, 1.165) is 21.5 Å². The number of amides is 1. The molecule has 118 valence electrons. The number of benzene rings is 1. The molecule has 1 amide bonds. The number of aryl methyl sites for hydroxylation is 1. The maximum atomic E-state index is 12.4. The van der Waals surface area contributed by atoms with E-state index in [1.807, 2.05) is 32.0 Å². The number of carbonyl (C=O) groups is 1. The number of nitrogens with zero attached hydrogens (tertiary/aromatic N) is 2. The topological polar surface area (TPSA) is 54.9 Å². The monoisotopic (exact) mass is 335 g/mol. The summed E-state index contributed by atoms with van der Waals surface area (Å²) < 4.78 is 0.829. The van der Waals surface area contributed by atoms with Gasteiger partial charge in [0.15, 0.2) is 4.34 Å². The van der Waals surface area contributed by atoms with Crippen LogP contribution in [0.1, 0.15) is 43.7 Å². The molecule has 0 aliphatic heterocycles. The lowest BCUT2D eigenvalue weighted by Crippen LogP contribution is -2.23. The van der Waals surface area contributed by atoms with Crippen molar-refractivity contribution in [3.8, 4) is 0 Å². The Morgan fingerprint density at radius 1 is 1.32 bits per heavy atom. The van der Waals surface area contributed by atoms with Gasteiger partial charge in [0.1, 0.15) is 5.01 Å². The third kappa shape index (κ3) is 4.30. The van der Waals surface area contributed by atoms with Crippen LogP contribution in [0.4, 0.5) is 5.69 Å². The quantitative estimate of drug-likeness (QED) is 0.791. The molecule has 6 heteroatoms. The van der Waals surface area contributed by atoms with E-state index in [4.69, 9.17) is 0 Å². The summed E-state index contributed by atoms with van der Waals surface area (Å²) in [6, 6.07) is 8.01. The molecular weight excluding hydrogens is 314 g/mol. The largest absolute Gasteiger partial charge is 0.325 e. The van der Waals surface area contributed by atoms with Crippen molar-refractivity contribution in [3.05, 3.63) is 34.8 Å².